The van der Waals surface area contributed by atoms with Crippen molar-refractivity contribution in [2.45, 2.75) is 50.0 Å². The molecule has 1 heterocycles. The minimum atomic E-state index is 0.0650. The smallest absolute Gasteiger partial charge is 0.164 e. The van der Waals surface area contributed by atoms with Gasteiger partial charge < -0.3 is 20.5 Å². The van der Waals surface area contributed by atoms with Crippen LogP contribution in [0.15, 0.2) is 18.2 Å². The first-order valence-corrected chi connectivity index (χ1v) is 8.54. The van der Waals surface area contributed by atoms with Gasteiger partial charge in [-0.3, -0.25) is 0 Å². The number of para-hydroxylation sites is 1. The summed E-state index contributed by atoms with van der Waals surface area (Å²) in [5, 5.41) is 3.40. The average molecular weight is 304 g/mol. The Morgan fingerprint density at radius 2 is 2.09 bits per heavy atom. The van der Waals surface area contributed by atoms with Gasteiger partial charge in [0.1, 0.15) is 6.10 Å². The number of hydrogen-bond acceptors (Lipinski definition) is 4. The molecule has 1 saturated carbocycles. The SMILES string of the molecule is COc1c(OC2CCCNC2)cccc1C1(CN)CCCC1. The van der Waals surface area contributed by atoms with Crippen LogP contribution in [0.1, 0.15) is 44.1 Å². The number of nitrogens with two attached hydrogens (primary N) is 1. The summed E-state index contributed by atoms with van der Waals surface area (Å²) in [5.74, 6) is 1.76. The molecule has 0 bridgehead atoms. The first-order valence-electron chi connectivity index (χ1n) is 8.54. The molecule has 1 aliphatic heterocycles. The van der Waals surface area contributed by atoms with Crippen molar-refractivity contribution in [1.29, 1.82) is 0 Å². The molecule has 1 atom stereocenters. The fourth-order valence-electron chi connectivity index (χ4n) is 3.97. The first kappa shape index (κ1) is 15.6. The van der Waals surface area contributed by atoms with E-state index in [0.29, 0.717) is 6.54 Å². The third-order valence-corrected chi connectivity index (χ3v) is 5.25. The van der Waals surface area contributed by atoms with Gasteiger partial charge >= 0.3 is 0 Å². The van der Waals surface area contributed by atoms with Crippen LogP contribution in [-0.2, 0) is 5.41 Å². The molecular formula is C18H28N2O2. The quantitative estimate of drug-likeness (QED) is 0.878. The van der Waals surface area contributed by atoms with Crippen molar-refractivity contribution in [2.75, 3.05) is 26.7 Å². The summed E-state index contributed by atoms with van der Waals surface area (Å²) >= 11 is 0. The molecule has 3 rings (SSSR count). The Hall–Kier alpha value is -1.26. The summed E-state index contributed by atoms with van der Waals surface area (Å²) in [7, 11) is 1.74. The number of methoxy groups -OCH3 is 1. The second kappa shape index (κ2) is 6.88. The van der Waals surface area contributed by atoms with Gasteiger partial charge in [0.05, 0.1) is 7.11 Å². The number of rotatable bonds is 5. The molecule has 4 nitrogen and oxygen atoms in total. The summed E-state index contributed by atoms with van der Waals surface area (Å²) in [6.07, 6.45) is 7.29. The lowest BCUT2D eigenvalue weighted by atomic mass is 9.78. The van der Waals surface area contributed by atoms with Gasteiger partial charge in [-0.1, -0.05) is 25.0 Å². The lowest BCUT2D eigenvalue weighted by molar-refractivity contribution is 0.160. The minimum Gasteiger partial charge on any atom is -0.493 e. The maximum atomic E-state index is 6.24. The van der Waals surface area contributed by atoms with Crippen molar-refractivity contribution >= 4 is 0 Å². The molecule has 2 fully saturated rings. The van der Waals surface area contributed by atoms with Gasteiger partial charge in [-0.05, 0) is 38.3 Å². The molecule has 1 aromatic carbocycles. The standard InChI is InChI=1S/C18H28N2O2/c1-21-17-15(18(13-19)9-2-3-10-18)7-4-8-16(17)22-14-6-5-11-20-12-14/h4,7-8,14,20H,2-3,5-6,9-13,19H2,1H3. The van der Waals surface area contributed by atoms with Crippen molar-refractivity contribution in [2.24, 2.45) is 5.73 Å². The third kappa shape index (κ3) is 2.95. The van der Waals surface area contributed by atoms with Crippen LogP contribution >= 0.6 is 0 Å². The first-order chi connectivity index (χ1) is 10.8. The Bertz CT molecular complexity index is 492. The Morgan fingerprint density at radius 3 is 2.73 bits per heavy atom. The van der Waals surface area contributed by atoms with Crippen molar-refractivity contribution in [3.63, 3.8) is 0 Å². The van der Waals surface area contributed by atoms with E-state index in [1.165, 1.54) is 24.8 Å². The lowest BCUT2D eigenvalue weighted by Crippen LogP contribution is -2.37. The highest BCUT2D eigenvalue weighted by Crippen LogP contribution is 2.47. The van der Waals surface area contributed by atoms with E-state index in [1.807, 2.05) is 6.07 Å². The molecule has 0 aromatic heterocycles. The van der Waals surface area contributed by atoms with Crippen molar-refractivity contribution in [3.05, 3.63) is 23.8 Å². The topological polar surface area (TPSA) is 56.5 Å². The summed E-state index contributed by atoms with van der Waals surface area (Å²) < 4.78 is 12.0. The molecule has 22 heavy (non-hydrogen) atoms. The van der Waals surface area contributed by atoms with Crippen LogP contribution in [-0.4, -0.2) is 32.8 Å². The normalized spacial score (nSPS) is 24.2. The maximum absolute atomic E-state index is 6.24. The Morgan fingerprint density at radius 1 is 1.27 bits per heavy atom. The zero-order chi connectivity index (χ0) is 15.4. The summed E-state index contributed by atoms with van der Waals surface area (Å²) in [6.45, 7) is 2.68. The molecule has 1 aliphatic carbocycles. The van der Waals surface area contributed by atoms with Crippen LogP contribution < -0.4 is 20.5 Å². The number of ether oxygens (including phenoxy) is 2. The predicted molar refractivity (Wildman–Crippen MR) is 88.7 cm³/mol. The average Bonchev–Trinajstić information content (AvgIpc) is 3.06. The molecule has 4 heteroatoms. The van der Waals surface area contributed by atoms with E-state index < -0.39 is 0 Å². The number of hydrogen-bond donors (Lipinski definition) is 2. The monoisotopic (exact) mass is 304 g/mol. The van der Waals surface area contributed by atoms with E-state index in [1.54, 1.807) is 7.11 Å². The van der Waals surface area contributed by atoms with Crippen molar-refractivity contribution in [3.8, 4) is 11.5 Å². The summed E-state index contributed by atoms with van der Waals surface area (Å²) in [6, 6.07) is 6.28. The highest BCUT2D eigenvalue weighted by Gasteiger charge is 2.37. The molecule has 0 amide bonds. The maximum Gasteiger partial charge on any atom is 0.164 e. The number of piperidine rings is 1. The zero-order valence-corrected chi connectivity index (χ0v) is 13.6. The molecule has 3 N–H and O–H groups in total. The van der Waals surface area contributed by atoms with Gasteiger partial charge in [0.2, 0.25) is 0 Å². The van der Waals surface area contributed by atoms with Gasteiger partial charge in [-0.15, -0.1) is 0 Å². The second-order valence-electron chi connectivity index (χ2n) is 6.61. The zero-order valence-electron chi connectivity index (χ0n) is 13.6. The van der Waals surface area contributed by atoms with Gasteiger partial charge in [-0.2, -0.15) is 0 Å². The van der Waals surface area contributed by atoms with Gasteiger partial charge in [-0.25, -0.2) is 0 Å². The molecule has 1 saturated heterocycles. The lowest BCUT2D eigenvalue weighted by Gasteiger charge is -2.31. The van der Waals surface area contributed by atoms with Crippen LogP contribution in [0.3, 0.4) is 0 Å². The van der Waals surface area contributed by atoms with E-state index in [2.05, 4.69) is 17.4 Å². The van der Waals surface area contributed by atoms with Crippen molar-refractivity contribution in [1.82, 2.24) is 5.32 Å². The molecule has 122 valence electrons. The van der Waals surface area contributed by atoms with Crippen LogP contribution in [0.4, 0.5) is 0 Å². The third-order valence-electron chi connectivity index (χ3n) is 5.25. The van der Waals surface area contributed by atoms with Crippen molar-refractivity contribution < 1.29 is 9.47 Å². The Kier molecular flexibility index (Phi) is 4.89. The molecule has 1 aromatic rings. The van der Waals surface area contributed by atoms with E-state index >= 15 is 0 Å². The van der Waals surface area contributed by atoms with E-state index in [0.717, 1.165) is 43.9 Å². The van der Waals surface area contributed by atoms with Crippen LogP contribution in [0.5, 0.6) is 11.5 Å². The Balaban J connectivity index is 1.89. The van der Waals surface area contributed by atoms with Gasteiger partial charge in [0, 0.05) is 24.1 Å². The molecular weight excluding hydrogens is 276 g/mol. The predicted octanol–water partition coefficient (Wildman–Crippen LogP) is 2.60. The van der Waals surface area contributed by atoms with Crippen LogP contribution in [0.25, 0.3) is 0 Å². The van der Waals surface area contributed by atoms with E-state index in [9.17, 15) is 0 Å². The molecule has 0 spiro atoms. The molecule has 1 unspecified atom stereocenters. The molecule has 0 radical (unpaired) electrons. The van der Waals surface area contributed by atoms with Gasteiger partial charge in [0.15, 0.2) is 11.5 Å². The fraction of sp³-hybridized carbons (Fsp3) is 0.667. The van der Waals surface area contributed by atoms with Gasteiger partial charge in [0.25, 0.3) is 0 Å². The largest absolute Gasteiger partial charge is 0.493 e. The summed E-state index contributed by atoms with van der Waals surface area (Å²) in [5.41, 5.74) is 7.45. The number of benzene rings is 1. The fourth-order valence-corrected chi connectivity index (χ4v) is 3.97. The molecule has 2 aliphatic rings. The van der Waals surface area contributed by atoms with E-state index in [-0.39, 0.29) is 11.5 Å². The summed E-state index contributed by atoms with van der Waals surface area (Å²) in [4.78, 5) is 0. The second-order valence-corrected chi connectivity index (χ2v) is 6.61. The number of nitrogens with one attached hydrogen (secondary N) is 1. The van der Waals surface area contributed by atoms with E-state index in [4.69, 9.17) is 15.2 Å². The highest BCUT2D eigenvalue weighted by molar-refractivity contribution is 5.51. The minimum absolute atomic E-state index is 0.0650. The van der Waals surface area contributed by atoms with Crippen LogP contribution in [0.2, 0.25) is 0 Å². The van der Waals surface area contributed by atoms with Crippen LogP contribution in [0, 0.1) is 0 Å². The highest BCUT2D eigenvalue weighted by atomic mass is 16.5. The Labute approximate surface area is 133 Å².